The number of aliphatic carboxylic acids is 2. The quantitative estimate of drug-likeness (QED) is 0.327. The molecule has 0 aliphatic rings. The number of pyridine rings is 2. The van der Waals surface area contributed by atoms with Crippen molar-refractivity contribution >= 4 is 11.9 Å². The molecule has 6 N–H and O–H groups in total. The van der Waals surface area contributed by atoms with Gasteiger partial charge in [0.25, 0.3) is 0 Å². The smallest absolute Gasteiger partial charge is 0.550 e. The summed E-state index contributed by atoms with van der Waals surface area (Å²) in [6, 6.07) is 11.6. The molecule has 0 aromatic carbocycles. The Morgan fingerprint density at radius 3 is 1.36 bits per heavy atom. The second kappa shape index (κ2) is 13.7. The minimum absolute atomic E-state index is 0. The van der Waals surface area contributed by atoms with Crippen molar-refractivity contribution in [1.82, 2.24) is 9.97 Å². The predicted molar refractivity (Wildman–Crippen MR) is 71.8 cm³/mol. The molecular weight excluding hydrogens is 335 g/mol. The van der Waals surface area contributed by atoms with E-state index in [0.717, 1.165) is 11.4 Å². The Morgan fingerprint density at radius 2 is 1.18 bits per heavy atom. The minimum atomic E-state index is -1.63. The third-order valence-electron chi connectivity index (χ3n) is 1.88. The summed E-state index contributed by atoms with van der Waals surface area (Å²) >= 11 is 0. The summed E-state index contributed by atoms with van der Waals surface area (Å²) in [6.45, 7) is 0. The molecule has 1 radical (unpaired) electrons. The first kappa shape index (κ1) is 24.7. The summed E-state index contributed by atoms with van der Waals surface area (Å²) in [5.41, 5.74) is 1.83. The first-order valence-corrected chi connectivity index (χ1v) is 5.31. The van der Waals surface area contributed by atoms with Crippen LogP contribution in [-0.2, 0) is 37.6 Å². The number of nitrogens with zero attached hydrogens (tertiary/aromatic N) is 2. The normalized spacial score (nSPS) is 7.82. The molecular formula is C13H16MnN2O6+2. The van der Waals surface area contributed by atoms with Gasteiger partial charge in [0.05, 0.1) is 11.4 Å². The number of aromatic nitrogens is 2. The largest absolute Gasteiger partial charge is 2.00 e. The first-order chi connectivity index (χ1) is 9.09. The maximum atomic E-state index is 9.28. The van der Waals surface area contributed by atoms with Gasteiger partial charge in [-0.15, -0.1) is 0 Å². The van der Waals surface area contributed by atoms with Crippen molar-refractivity contribution in [3.63, 3.8) is 0 Å². The molecule has 0 fully saturated rings. The van der Waals surface area contributed by atoms with Crippen molar-refractivity contribution in [3.8, 4) is 11.4 Å². The van der Waals surface area contributed by atoms with E-state index >= 15 is 0 Å². The summed E-state index contributed by atoms with van der Waals surface area (Å²) in [5, 5.41) is 18.6. The van der Waals surface area contributed by atoms with Gasteiger partial charge in [0.2, 0.25) is 0 Å². The van der Waals surface area contributed by atoms with Gasteiger partial charge in [-0.25, -0.2) is 0 Å². The van der Waals surface area contributed by atoms with E-state index < -0.39 is 18.4 Å². The van der Waals surface area contributed by atoms with Crippen LogP contribution < -0.4 is 10.2 Å². The maximum absolute atomic E-state index is 9.28. The van der Waals surface area contributed by atoms with E-state index in [9.17, 15) is 19.8 Å². The average molecular weight is 351 g/mol. The SMILES string of the molecule is O=C([O-])CC(=O)[O-].[Mn+2].[OH3+].[OH3+].c1ccc(-c2ccccn2)nc1. The van der Waals surface area contributed by atoms with E-state index in [1.807, 2.05) is 36.4 Å². The maximum Gasteiger partial charge on any atom is 2.00 e. The van der Waals surface area contributed by atoms with E-state index in [4.69, 9.17) is 0 Å². The number of carboxylic acid groups (broad SMARTS) is 2. The van der Waals surface area contributed by atoms with Crippen LogP contribution in [0, 0.1) is 0 Å². The van der Waals surface area contributed by atoms with Gasteiger partial charge in [-0.1, -0.05) is 12.1 Å². The molecule has 8 nitrogen and oxygen atoms in total. The van der Waals surface area contributed by atoms with Gasteiger partial charge in [-0.3, -0.25) is 9.97 Å². The van der Waals surface area contributed by atoms with Gasteiger partial charge in [-0.05, 0) is 24.3 Å². The van der Waals surface area contributed by atoms with Gasteiger partial charge in [0, 0.05) is 30.8 Å². The second-order valence-electron chi connectivity index (χ2n) is 3.35. The van der Waals surface area contributed by atoms with Crippen molar-refractivity contribution in [2.24, 2.45) is 0 Å². The second-order valence-corrected chi connectivity index (χ2v) is 3.35. The van der Waals surface area contributed by atoms with Gasteiger partial charge < -0.3 is 30.8 Å². The van der Waals surface area contributed by atoms with Crippen LogP contribution in [0.2, 0.25) is 0 Å². The van der Waals surface area contributed by atoms with Gasteiger partial charge in [-0.2, -0.15) is 0 Å². The summed E-state index contributed by atoms with van der Waals surface area (Å²) < 4.78 is 0. The van der Waals surface area contributed by atoms with Crippen molar-refractivity contribution in [3.05, 3.63) is 48.8 Å². The molecule has 22 heavy (non-hydrogen) atoms. The zero-order valence-electron chi connectivity index (χ0n) is 11.4. The number of carbonyl (C=O) groups is 2. The Morgan fingerprint density at radius 1 is 0.818 bits per heavy atom. The molecule has 0 aliphatic carbocycles. The number of hydrogen-bond donors (Lipinski definition) is 0. The zero-order valence-corrected chi connectivity index (χ0v) is 12.6. The van der Waals surface area contributed by atoms with Gasteiger partial charge in [0.15, 0.2) is 0 Å². The molecule has 0 saturated heterocycles. The molecule has 2 heterocycles. The first-order valence-electron chi connectivity index (χ1n) is 5.31. The van der Waals surface area contributed by atoms with Crippen LogP contribution in [0.25, 0.3) is 11.4 Å². The summed E-state index contributed by atoms with van der Waals surface area (Å²) in [7, 11) is 0. The van der Waals surface area contributed by atoms with Crippen molar-refractivity contribution in [2.45, 2.75) is 6.42 Å². The van der Waals surface area contributed by atoms with Gasteiger partial charge in [0.1, 0.15) is 0 Å². The topological polar surface area (TPSA) is 172 Å². The van der Waals surface area contributed by atoms with Crippen LogP contribution in [0.4, 0.5) is 0 Å². The van der Waals surface area contributed by atoms with E-state index in [0.29, 0.717) is 0 Å². The molecule has 2 aromatic rings. The van der Waals surface area contributed by atoms with E-state index in [2.05, 4.69) is 9.97 Å². The number of rotatable bonds is 3. The molecule has 0 unspecified atom stereocenters. The fraction of sp³-hybridized carbons (Fsp3) is 0.0769. The summed E-state index contributed by atoms with van der Waals surface area (Å²) in [4.78, 5) is 26.9. The standard InChI is InChI=1S/C10H8N2.C3H4O4.Mn.2H2O/c1-3-7-11-9(5-1)10-6-2-4-8-12-10;4-2(5)1-3(6)7;;;/h1-8H;1H2,(H,4,5)(H,6,7);;2*1H2/q;;+2;;. The van der Waals surface area contributed by atoms with E-state index in [-0.39, 0.29) is 28.0 Å². The third-order valence-corrected chi connectivity index (χ3v) is 1.88. The monoisotopic (exact) mass is 351 g/mol. The zero-order chi connectivity index (χ0) is 14.1. The Bertz CT molecular complexity index is 489. The molecule has 2 aromatic heterocycles. The Labute approximate surface area is 136 Å². The number of hydrogen-bond acceptors (Lipinski definition) is 6. The summed E-state index contributed by atoms with van der Waals surface area (Å²) in [6.07, 6.45) is 2.51. The predicted octanol–water partition coefficient (Wildman–Crippen LogP) is -2.83. The third kappa shape index (κ3) is 10.5. The Kier molecular flexibility index (Phi) is 15.3. The molecule has 0 bridgehead atoms. The molecule has 0 atom stereocenters. The molecule has 2 rings (SSSR count). The minimum Gasteiger partial charge on any atom is -0.550 e. The average Bonchev–Trinajstić information content (AvgIpc) is 2.40. The molecule has 0 amide bonds. The molecule has 119 valence electrons. The molecule has 0 aliphatic heterocycles. The Balaban J connectivity index is -0.000000323. The van der Waals surface area contributed by atoms with E-state index in [1.165, 1.54) is 0 Å². The molecule has 9 heteroatoms. The Hall–Kier alpha value is -2.32. The van der Waals surface area contributed by atoms with Crippen molar-refractivity contribution < 1.29 is 47.8 Å². The number of carboxylic acids is 2. The fourth-order valence-electron chi connectivity index (χ4n) is 1.15. The van der Waals surface area contributed by atoms with Crippen molar-refractivity contribution in [1.29, 1.82) is 0 Å². The van der Waals surface area contributed by atoms with Crippen LogP contribution in [0.5, 0.6) is 0 Å². The van der Waals surface area contributed by atoms with Crippen LogP contribution in [0.3, 0.4) is 0 Å². The fourth-order valence-corrected chi connectivity index (χ4v) is 1.15. The van der Waals surface area contributed by atoms with Crippen LogP contribution in [0.15, 0.2) is 48.8 Å². The number of carbonyl (C=O) groups excluding carboxylic acids is 2. The summed E-state index contributed by atoms with van der Waals surface area (Å²) in [5.74, 6) is -3.25. The molecule has 0 spiro atoms. The van der Waals surface area contributed by atoms with Gasteiger partial charge >= 0.3 is 17.1 Å². The van der Waals surface area contributed by atoms with Crippen LogP contribution >= 0.6 is 0 Å². The van der Waals surface area contributed by atoms with E-state index in [1.54, 1.807) is 12.4 Å². The van der Waals surface area contributed by atoms with Crippen LogP contribution in [-0.4, -0.2) is 21.9 Å². The van der Waals surface area contributed by atoms with Crippen molar-refractivity contribution in [2.75, 3.05) is 0 Å². The van der Waals surface area contributed by atoms with Crippen LogP contribution in [0.1, 0.15) is 6.42 Å². The molecule has 0 saturated carbocycles.